The van der Waals surface area contributed by atoms with Crippen LogP contribution in [0.3, 0.4) is 0 Å². The molecular weight excluding hydrogens is 274 g/mol. The summed E-state index contributed by atoms with van der Waals surface area (Å²) in [6, 6.07) is 15.7. The van der Waals surface area contributed by atoms with Crippen molar-refractivity contribution in [3.05, 3.63) is 59.7 Å². The molecule has 1 aliphatic heterocycles. The van der Waals surface area contributed by atoms with Gasteiger partial charge in [0.25, 0.3) is 5.91 Å². The van der Waals surface area contributed by atoms with Crippen LogP contribution in [0.1, 0.15) is 41.8 Å². The van der Waals surface area contributed by atoms with Crippen molar-refractivity contribution < 1.29 is 9.90 Å². The first kappa shape index (κ1) is 14.8. The van der Waals surface area contributed by atoms with Crippen molar-refractivity contribution in [1.82, 2.24) is 4.90 Å². The first-order valence-electron chi connectivity index (χ1n) is 7.87. The van der Waals surface area contributed by atoms with Crippen LogP contribution in [0, 0.1) is 0 Å². The van der Waals surface area contributed by atoms with Crippen LogP contribution in [0.4, 0.5) is 0 Å². The highest BCUT2D eigenvalue weighted by atomic mass is 16.3. The Bertz CT molecular complexity index is 642. The first-order chi connectivity index (χ1) is 10.7. The van der Waals surface area contributed by atoms with Crippen LogP contribution in [0.2, 0.25) is 0 Å². The Morgan fingerprint density at radius 2 is 1.59 bits per heavy atom. The molecule has 1 amide bonds. The summed E-state index contributed by atoms with van der Waals surface area (Å²) in [6.07, 6.45) is 1.43. The van der Waals surface area contributed by atoms with Gasteiger partial charge in [0.2, 0.25) is 0 Å². The van der Waals surface area contributed by atoms with Gasteiger partial charge in [-0.3, -0.25) is 4.79 Å². The molecule has 0 aliphatic carbocycles. The largest absolute Gasteiger partial charge is 0.388 e. The number of rotatable bonds is 4. The van der Waals surface area contributed by atoms with Crippen LogP contribution < -0.4 is 0 Å². The van der Waals surface area contributed by atoms with Gasteiger partial charge in [-0.05, 0) is 41.7 Å². The van der Waals surface area contributed by atoms with E-state index in [2.05, 4.69) is 0 Å². The second-order valence-electron chi connectivity index (χ2n) is 5.77. The Morgan fingerprint density at radius 1 is 1.05 bits per heavy atom. The smallest absolute Gasteiger partial charge is 0.253 e. The van der Waals surface area contributed by atoms with E-state index in [4.69, 9.17) is 0 Å². The summed E-state index contributed by atoms with van der Waals surface area (Å²) < 4.78 is 0. The molecule has 1 fully saturated rings. The van der Waals surface area contributed by atoms with E-state index < -0.39 is 6.10 Å². The molecule has 1 saturated heterocycles. The normalized spacial score (nSPS) is 15.3. The molecule has 3 rings (SSSR count). The summed E-state index contributed by atoms with van der Waals surface area (Å²) in [5.74, 6) is 0.124. The number of amides is 1. The first-order valence-corrected chi connectivity index (χ1v) is 7.87. The fourth-order valence-electron chi connectivity index (χ4n) is 2.64. The van der Waals surface area contributed by atoms with E-state index in [-0.39, 0.29) is 5.91 Å². The zero-order chi connectivity index (χ0) is 15.5. The molecule has 0 aromatic heterocycles. The lowest BCUT2D eigenvalue weighted by Crippen LogP contribution is -2.41. The van der Waals surface area contributed by atoms with Crippen LogP contribution in [0.15, 0.2) is 48.5 Å². The van der Waals surface area contributed by atoms with Crippen molar-refractivity contribution in [2.75, 3.05) is 13.1 Å². The summed E-state index contributed by atoms with van der Waals surface area (Å²) in [4.78, 5) is 14.0. The number of benzene rings is 2. The molecule has 2 aromatic carbocycles. The number of aliphatic hydroxyl groups is 1. The van der Waals surface area contributed by atoms with Gasteiger partial charge in [0.15, 0.2) is 0 Å². The molecule has 1 atom stereocenters. The Morgan fingerprint density at radius 3 is 2.05 bits per heavy atom. The van der Waals surface area contributed by atoms with E-state index in [9.17, 15) is 9.90 Å². The number of carbonyl (C=O) groups is 1. The molecule has 1 aliphatic rings. The number of carbonyl (C=O) groups excluding carboxylic acids is 1. The fourth-order valence-corrected chi connectivity index (χ4v) is 2.64. The van der Waals surface area contributed by atoms with Gasteiger partial charge in [0.1, 0.15) is 0 Å². The predicted molar refractivity (Wildman–Crippen MR) is 87.6 cm³/mol. The highest BCUT2D eigenvalue weighted by molar-refractivity contribution is 5.95. The molecule has 0 bridgehead atoms. The maximum Gasteiger partial charge on any atom is 0.253 e. The lowest BCUT2D eigenvalue weighted by atomic mass is 9.99. The fraction of sp³-hybridized carbons (Fsp3) is 0.316. The highest BCUT2D eigenvalue weighted by Gasteiger charge is 2.21. The predicted octanol–water partition coefficient (Wildman–Crippen LogP) is 3.64. The summed E-state index contributed by atoms with van der Waals surface area (Å²) in [5, 5.41) is 9.83. The summed E-state index contributed by atoms with van der Waals surface area (Å²) in [7, 11) is 0. The Labute approximate surface area is 131 Å². The topological polar surface area (TPSA) is 40.5 Å². The Balaban J connectivity index is 1.76. The molecule has 2 aromatic rings. The van der Waals surface area contributed by atoms with Gasteiger partial charge in [-0.25, -0.2) is 0 Å². The van der Waals surface area contributed by atoms with Crippen molar-refractivity contribution in [2.45, 2.75) is 25.9 Å². The number of hydrogen-bond donors (Lipinski definition) is 1. The molecule has 1 heterocycles. The zero-order valence-corrected chi connectivity index (χ0v) is 12.8. The minimum atomic E-state index is -0.398. The molecule has 1 N–H and O–H groups in total. The minimum Gasteiger partial charge on any atom is -0.388 e. The van der Waals surface area contributed by atoms with Crippen molar-refractivity contribution in [3.63, 3.8) is 0 Å². The second-order valence-corrected chi connectivity index (χ2v) is 5.77. The number of likely N-dealkylation sites (tertiary alicyclic amines) is 1. The maximum absolute atomic E-state index is 12.1. The average molecular weight is 295 g/mol. The molecule has 0 radical (unpaired) electrons. The van der Waals surface area contributed by atoms with E-state index in [1.807, 2.05) is 60.4 Å². The van der Waals surface area contributed by atoms with Crippen LogP contribution in [0.5, 0.6) is 0 Å². The molecule has 1 unspecified atom stereocenters. The third-order valence-corrected chi connectivity index (χ3v) is 4.29. The Kier molecular flexibility index (Phi) is 4.25. The number of aliphatic hydroxyl groups excluding tert-OH is 1. The third kappa shape index (κ3) is 2.90. The van der Waals surface area contributed by atoms with Crippen LogP contribution in [-0.2, 0) is 0 Å². The molecule has 0 spiro atoms. The van der Waals surface area contributed by atoms with Gasteiger partial charge >= 0.3 is 0 Å². The van der Waals surface area contributed by atoms with Gasteiger partial charge in [0.05, 0.1) is 6.10 Å². The average Bonchev–Trinajstić information content (AvgIpc) is 2.53. The monoisotopic (exact) mass is 295 g/mol. The lowest BCUT2D eigenvalue weighted by molar-refractivity contribution is 0.0652. The molecule has 3 nitrogen and oxygen atoms in total. The highest BCUT2D eigenvalue weighted by Crippen LogP contribution is 2.24. The van der Waals surface area contributed by atoms with E-state index in [0.717, 1.165) is 41.8 Å². The maximum atomic E-state index is 12.1. The second kappa shape index (κ2) is 6.32. The quantitative estimate of drug-likeness (QED) is 0.935. The van der Waals surface area contributed by atoms with Gasteiger partial charge < -0.3 is 10.0 Å². The summed E-state index contributed by atoms with van der Waals surface area (Å²) in [5.41, 5.74) is 3.87. The molecule has 0 saturated carbocycles. The molecule has 3 heteroatoms. The summed E-state index contributed by atoms with van der Waals surface area (Å²) in [6.45, 7) is 3.72. The van der Waals surface area contributed by atoms with Crippen molar-refractivity contribution >= 4 is 5.91 Å². The minimum absolute atomic E-state index is 0.124. The number of hydrogen-bond acceptors (Lipinski definition) is 2. The van der Waals surface area contributed by atoms with Gasteiger partial charge in [-0.15, -0.1) is 0 Å². The molecular formula is C19H21NO2. The number of nitrogens with zero attached hydrogens (tertiary/aromatic N) is 1. The standard InChI is InChI=1S/C19H21NO2/c1-2-18(21)16-8-4-14(5-9-16)15-6-10-17(11-7-15)19(22)20-12-3-13-20/h4-11,18,21H,2-3,12-13H2,1H3. The SMILES string of the molecule is CCC(O)c1ccc(-c2ccc(C(=O)N3CCC3)cc2)cc1. The van der Waals surface area contributed by atoms with Crippen LogP contribution >= 0.6 is 0 Å². The molecule has 114 valence electrons. The third-order valence-electron chi connectivity index (χ3n) is 4.29. The van der Waals surface area contributed by atoms with Crippen molar-refractivity contribution in [1.29, 1.82) is 0 Å². The van der Waals surface area contributed by atoms with E-state index >= 15 is 0 Å². The van der Waals surface area contributed by atoms with Gasteiger partial charge in [-0.1, -0.05) is 43.3 Å². The van der Waals surface area contributed by atoms with Gasteiger partial charge in [-0.2, -0.15) is 0 Å². The van der Waals surface area contributed by atoms with E-state index in [1.165, 1.54) is 0 Å². The summed E-state index contributed by atoms with van der Waals surface area (Å²) >= 11 is 0. The van der Waals surface area contributed by atoms with E-state index in [0.29, 0.717) is 6.42 Å². The van der Waals surface area contributed by atoms with Crippen molar-refractivity contribution in [2.24, 2.45) is 0 Å². The van der Waals surface area contributed by atoms with E-state index in [1.54, 1.807) is 0 Å². The molecule has 22 heavy (non-hydrogen) atoms. The Hall–Kier alpha value is -2.13. The zero-order valence-electron chi connectivity index (χ0n) is 12.8. The lowest BCUT2D eigenvalue weighted by Gasteiger charge is -2.30. The van der Waals surface area contributed by atoms with Crippen molar-refractivity contribution in [3.8, 4) is 11.1 Å². The van der Waals surface area contributed by atoms with Gasteiger partial charge in [0, 0.05) is 18.7 Å². The van der Waals surface area contributed by atoms with Crippen LogP contribution in [0.25, 0.3) is 11.1 Å². The van der Waals surface area contributed by atoms with Crippen LogP contribution in [-0.4, -0.2) is 29.0 Å².